The molecule has 0 N–H and O–H groups in total. The summed E-state index contributed by atoms with van der Waals surface area (Å²) in [6.07, 6.45) is 3.81. The smallest absolute Gasteiger partial charge is 0.387 e. The van der Waals surface area contributed by atoms with Gasteiger partial charge in [-0.3, -0.25) is 14.3 Å². The van der Waals surface area contributed by atoms with Crippen LogP contribution in [0, 0.1) is 11.7 Å². The summed E-state index contributed by atoms with van der Waals surface area (Å²) in [5, 5.41) is 4.91. The van der Waals surface area contributed by atoms with E-state index < -0.39 is 6.61 Å². The Bertz CT molecular complexity index is 1530. The summed E-state index contributed by atoms with van der Waals surface area (Å²) >= 11 is 0. The van der Waals surface area contributed by atoms with Crippen molar-refractivity contribution in [3.63, 3.8) is 0 Å². The van der Waals surface area contributed by atoms with Gasteiger partial charge in [0.15, 0.2) is 5.78 Å². The number of halogens is 3. The van der Waals surface area contributed by atoms with Crippen LogP contribution in [0.5, 0.6) is 5.75 Å². The largest absolute Gasteiger partial charge is 0.433 e. The van der Waals surface area contributed by atoms with Crippen LogP contribution in [0.4, 0.5) is 13.2 Å². The molecule has 1 fully saturated rings. The Kier molecular flexibility index (Phi) is 9.22. The molecule has 4 aromatic rings. The van der Waals surface area contributed by atoms with Crippen molar-refractivity contribution in [3.8, 4) is 16.9 Å². The first-order valence-corrected chi connectivity index (χ1v) is 13.9. The monoisotopic (exact) mass is 579 g/mol. The molecule has 1 aliphatic heterocycles. The van der Waals surface area contributed by atoms with E-state index in [1.54, 1.807) is 41.2 Å². The maximum Gasteiger partial charge on any atom is 0.387 e. The third-order valence-electron chi connectivity index (χ3n) is 7.60. The lowest BCUT2D eigenvalue weighted by atomic mass is 9.96. The van der Waals surface area contributed by atoms with Gasteiger partial charge in [-0.2, -0.15) is 13.9 Å². The molecule has 0 unspecified atom stereocenters. The first-order chi connectivity index (χ1) is 20.3. The number of rotatable bonds is 11. The lowest BCUT2D eigenvalue weighted by molar-refractivity contribution is -0.0491. The fraction of sp³-hybridized carbons (Fsp3) is 0.344. The van der Waals surface area contributed by atoms with E-state index in [1.807, 2.05) is 17.0 Å². The Labute approximate surface area is 241 Å². The number of nitrogens with zero attached hydrogens (tertiary/aromatic N) is 3. The zero-order valence-corrected chi connectivity index (χ0v) is 23.3. The van der Waals surface area contributed by atoms with Gasteiger partial charge in [-0.05, 0) is 72.7 Å². The molecule has 220 valence electrons. The minimum Gasteiger partial charge on any atom is -0.433 e. The van der Waals surface area contributed by atoms with E-state index in [0.717, 1.165) is 24.0 Å². The van der Waals surface area contributed by atoms with Crippen LogP contribution in [0.15, 0.2) is 66.9 Å². The Morgan fingerprint density at radius 3 is 2.29 bits per heavy atom. The molecule has 0 bridgehead atoms. The number of piperidine rings is 1. The first kappa shape index (κ1) is 29.3. The third kappa shape index (κ3) is 6.82. The maximum absolute atomic E-state index is 13.3. The quantitative estimate of drug-likeness (QED) is 0.148. The number of fused-ring (bicyclic) bond motifs is 1. The van der Waals surface area contributed by atoms with Crippen molar-refractivity contribution >= 4 is 22.6 Å². The van der Waals surface area contributed by atoms with Gasteiger partial charge in [-0.15, -0.1) is 0 Å². The van der Waals surface area contributed by atoms with Crippen LogP contribution < -0.4 is 4.74 Å². The minimum atomic E-state index is -3.08. The molecular weight excluding hydrogens is 547 g/mol. The predicted octanol–water partition coefficient (Wildman–Crippen LogP) is 6.61. The molecule has 0 aliphatic carbocycles. The second-order valence-corrected chi connectivity index (χ2v) is 10.4. The summed E-state index contributed by atoms with van der Waals surface area (Å²) in [4.78, 5) is 27.7. The van der Waals surface area contributed by atoms with Crippen molar-refractivity contribution in [3.05, 3.63) is 83.8 Å². The number of methoxy groups -OCH3 is 1. The number of amides is 1. The fourth-order valence-corrected chi connectivity index (χ4v) is 5.37. The molecule has 3 aromatic carbocycles. The number of hydrogen-bond acceptors (Lipinski definition) is 5. The number of likely N-dealkylation sites (tertiary alicyclic amines) is 1. The zero-order valence-electron chi connectivity index (χ0n) is 23.3. The fourth-order valence-electron chi connectivity index (χ4n) is 5.37. The van der Waals surface area contributed by atoms with Crippen LogP contribution in [0.25, 0.3) is 22.0 Å². The second kappa shape index (κ2) is 13.2. The number of aromatic nitrogens is 2. The number of benzene rings is 3. The van der Waals surface area contributed by atoms with Crippen molar-refractivity contribution in [2.75, 3.05) is 26.8 Å². The molecule has 7 nitrogen and oxygen atoms in total. The van der Waals surface area contributed by atoms with E-state index in [2.05, 4.69) is 5.10 Å². The van der Waals surface area contributed by atoms with Gasteiger partial charge in [-0.25, -0.2) is 4.39 Å². The van der Waals surface area contributed by atoms with Gasteiger partial charge in [0.1, 0.15) is 11.6 Å². The second-order valence-electron chi connectivity index (χ2n) is 10.4. The van der Waals surface area contributed by atoms with Crippen molar-refractivity contribution in [1.29, 1.82) is 0 Å². The molecule has 10 heteroatoms. The zero-order chi connectivity index (χ0) is 29.6. The summed E-state index contributed by atoms with van der Waals surface area (Å²) in [6.45, 7) is -0.960. The predicted molar refractivity (Wildman–Crippen MR) is 152 cm³/mol. The Hall–Kier alpha value is -4.18. The van der Waals surface area contributed by atoms with Gasteiger partial charge in [0, 0.05) is 51.5 Å². The summed E-state index contributed by atoms with van der Waals surface area (Å²) in [5.41, 5.74) is 2.95. The summed E-state index contributed by atoms with van der Waals surface area (Å²) < 4.78 is 51.3. The van der Waals surface area contributed by atoms with Gasteiger partial charge in [-0.1, -0.05) is 24.3 Å². The van der Waals surface area contributed by atoms with Crippen molar-refractivity contribution < 1.29 is 32.2 Å². The molecule has 1 aromatic heterocycles. The Balaban J connectivity index is 1.22. The van der Waals surface area contributed by atoms with E-state index in [1.165, 1.54) is 25.3 Å². The lowest BCUT2D eigenvalue weighted by Gasteiger charge is -2.32. The third-order valence-corrected chi connectivity index (χ3v) is 7.60. The van der Waals surface area contributed by atoms with Gasteiger partial charge in [0.2, 0.25) is 0 Å². The molecule has 0 radical (unpaired) electrons. The first-order valence-electron chi connectivity index (χ1n) is 13.9. The topological polar surface area (TPSA) is 73.7 Å². The van der Waals surface area contributed by atoms with Crippen LogP contribution in [-0.2, 0) is 11.3 Å². The van der Waals surface area contributed by atoms with E-state index >= 15 is 0 Å². The highest BCUT2D eigenvalue weighted by Crippen LogP contribution is 2.33. The van der Waals surface area contributed by atoms with E-state index in [4.69, 9.17) is 9.47 Å². The highest BCUT2D eigenvalue weighted by Gasteiger charge is 2.25. The molecule has 0 atom stereocenters. The van der Waals surface area contributed by atoms with E-state index in [9.17, 15) is 22.8 Å². The minimum absolute atomic E-state index is 0.0413. The number of carbonyl (C=O) groups excluding carboxylic acids is 2. The van der Waals surface area contributed by atoms with Crippen LogP contribution in [0.1, 0.15) is 46.4 Å². The normalized spacial score (nSPS) is 14.1. The number of hydrogen-bond donors (Lipinski definition) is 0. The van der Waals surface area contributed by atoms with Gasteiger partial charge in [0.05, 0.1) is 16.5 Å². The number of alkyl halides is 2. The molecular formula is C32H32F3N3O4. The molecule has 0 spiro atoms. The van der Waals surface area contributed by atoms with Crippen LogP contribution in [-0.4, -0.2) is 59.8 Å². The van der Waals surface area contributed by atoms with Gasteiger partial charge >= 0.3 is 6.61 Å². The summed E-state index contributed by atoms with van der Waals surface area (Å²) in [5.74, 6) is -0.545. The standard InChI is InChI=1S/C32H32F3N3O4/c1-41-18-2-3-29(39)26-12-13-28-27(30(26)42-32(34)35)20-38(36-28)19-21-14-16-37(17-15-21)31(40)24-6-4-22(5-7-24)23-8-10-25(33)11-9-23/h4-13,20-21,32H,2-3,14-19H2,1H3. The maximum atomic E-state index is 13.3. The molecule has 1 amide bonds. The number of Topliss-reactive ketones (excluding diaryl/α,β-unsaturated/α-hetero) is 1. The summed E-state index contributed by atoms with van der Waals surface area (Å²) in [7, 11) is 1.54. The van der Waals surface area contributed by atoms with Crippen molar-refractivity contribution in [1.82, 2.24) is 14.7 Å². The van der Waals surface area contributed by atoms with E-state index in [-0.39, 0.29) is 41.2 Å². The highest BCUT2D eigenvalue weighted by molar-refractivity contribution is 6.04. The Morgan fingerprint density at radius 1 is 0.976 bits per heavy atom. The van der Waals surface area contributed by atoms with Crippen LogP contribution in [0.2, 0.25) is 0 Å². The molecule has 42 heavy (non-hydrogen) atoms. The van der Waals surface area contributed by atoms with Crippen molar-refractivity contribution in [2.45, 2.75) is 38.8 Å². The molecule has 1 saturated heterocycles. The lowest BCUT2D eigenvalue weighted by Crippen LogP contribution is -2.39. The number of carbonyl (C=O) groups is 2. The van der Waals surface area contributed by atoms with Crippen LogP contribution >= 0.6 is 0 Å². The number of ketones is 1. The molecule has 2 heterocycles. The van der Waals surface area contributed by atoms with Gasteiger partial charge in [0.25, 0.3) is 5.91 Å². The van der Waals surface area contributed by atoms with Crippen molar-refractivity contribution in [2.24, 2.45) is 5.92 Å². The average Bonchev–Trinajstić information content (AvgIpc) is 3.41. The summed E-state index contributed by atoms with van der Waals surface area (Å²) in [6, 6.07) is 16.7. The Morgan fingerprint density at radius 2 is 1.64 bits per heavy atom. The average molecular weight is 580 g/mol. The molecule has 5 rings (SSSR count). The number of ether oxygens (including phenoxy) is 2. The van der Waals surface area contributed by atoms with E-state index in [0.29, 0.717) is 49.1 Å². The highest BCUT2D eigenvalue weighted by atomic mass is 19.3. The molecule has 0 saturated carbocycles. The SMILES string of the molecule is COCCCC(=O)c1ccc2nn(CC3CCN(C(=O)c4ccc(-c5ccc(F)cc5)cc4)CC3)cc2c1OC(F)F. The van der Waals surface area contributed by atoms with Gasteiger partial charge < -0.3 is 14.4 Å². The van der Waals surface area contributed by atoms with Crippen LogP contribution in [0.3, 0.4) is 0 Å². The molecule has 1 aliphatic rings.